The Labute approximate surface area is 215 Å². The van der Waals surface area contributed by atoms with Gasteiger partial charge in [0, 0.05) is 22.5 Å². The Morgan fingerprint density at radius 3 is 2.34 bits per heavy atom. The van der Waals surface area contributed by atoms with E-state index in [-0.39, 0.29) is 24.2 Å². The topological polar surface area (TPSA) is 44.7 Å². The molecule has 0 spiro atoms. The monoisotopic (exact) mass is 511 g/mol. The van der Waals surface area contributed by atoms with Crippen LogP contribution in [0.25, 0.3) is 0 Å². The molecule has 0 saturated heterocycles. The zero-order valence-electron chi connectivity index (χ0n) is 19.8. The van der Waals surface area contributed by atoms with Gasteiger partial charge in [-0.05, 0) is 66.9 Å². The largest absolute Gasteiger partial charge is 0.350 e. The summed E-state index contributed by atoms with van der Waals surface area (Å²) >= 11 is 12.3. The molecule has 0 radical (unpaired) electrons. The van der Waals surface area contributed by atoms with Crippen molar-refractivity contribution in [3.63, 3.8) is 0 Å². The summed E-state index contributed by atoms with van der Waals surface area (Å²) in [5, 5.41) is 10.9. The van der Waals surface area contributed by atoms with Gasteiger partial charge in [0.2, 0.25) is 5.91 Å². The maximum Gasteiger partial charge on any atom is 0.248 e. The highest BCUT2D eigenvalue weighted by Crippen LogP contribution is 2.41. The molecule has 2 atom stereocenters. The van der Waals surface area contributed by atoms with Gasteiger partial charge in [0.1, 0.15) is 11.4 Å². The third-order valence-corrected chi connectivity index (χ3v) is 6.91. The van der Waals surface area contributed by atoms with Gasteiger partial charge in [-0.3, -0.25) is 4.79 Å². The second-order valence-electron chi connectivity index (χ2n) is 8.94. The fraction of sp³-hybridized carbons (Fsp3) is 0.286. The van der Waals surface area contributed by atoms with Crippen molar-refractivity contribution in [2.24, 2.45) is 11.0 Å². The first-order valence-electron chi connectivity index (χ1n) is 11.8. The first kappa shape index (κ1) is 25.2. The molecule has 4 nitrogen and oxygen atoms in total. The van der Waals surface area contributed by atoms with Crippen LogP contribution in [0.4, 0.5) is 10.1 Å². The average Bonchev–Trinajstić information content (AvgIpc) is 3.15. The smallest absolute Gasteiger partial charge is 0.248 e. The summed E-state index contributed by atoms with van der Waals surface area (Å²) in [5.41, 5.74) is 2.23. The van der Waals surface area contributed by atoms with E-state index in [0.29, 0.717) is 10.0 Å². The molecule has 3 aromatic rings. The van der Waals surface area contributed by atoms with E-state index in [1.165, 1.54) is 12.1 Å². The summed E-state index contributed by atoms with van der Waals surface area (Å²) < 4.78 is 13.7. The summed E-state index contributed by atoms with van der Waals surface area (Å²) in [4.78, 5) is 13.9. The van der Waals surface area contributed by atoms with Crippen LogP contribution in [0.2, 0.25) is 10.0 Å². The first-order chi connectivity index (χ1) is 16.8. The fourth-order valence-corrected chi connectivity index (χ4v) is 5.20. The molecule has 0 saturated carbocycles. The Morgan fingerprint density at radius 1 is 1.06 bits per heavy atom. The van der Waals surface area contributed by atoms with E-state index in [1.807, 2.05) is 42.3 Å². The number of halogens is 3. The van der Waals surface area contributed by atoms with Gasteiger partial charge in [0.05, 0.1) is 11.4 Å². The Hall–Kier alpha value is -2.89. The standard InChI is InChI=1S/C28H28Cl2FN3O/c1-3-4-10-25-26(20-11-13-23(31)14-12-20)33-34(24-8-6-5-7-9-24)28(25,2)27(35)32-18-19-15-21(29)17-22(30)16-19/h5-9,11-17,25H,3-4,10,18H2,1-2H3,(H,32,35). The second-order valence-corrected chi connectivity index (χ2v) is 9.82. The maximum atomic E-state index is 13.9. The Bertz CT molecular complexity index is 1200. The molecule has 2 unspecified atom stereocenters. The van der Waals surface area contributed by atoms with Gasteiger partial charge >= 0.3 is 0 Å². The van der Waals surface area contributed by atoms with Crippen LogP contribution in [0.15, 0.2) is 77.9 Å². The molecule has 1 aliphatic heterocycles. The van der Waals surface area contributed by atoms with Crippen LogP contribution in [0.3, 0.4) is 0 Å². The van der Waals surface area contributed by atoms with E-state index in [1.54, 1.807) is 30.3 Å². The number of nitrogens with zero attached hydrogens (tertiary/aromatic N) is 2. The molecule has 0 fully saturated rings. The average molecular weight is 512 g/mol. The SMILES string of the molecule is CCCCC1C(c2ccc(F)cc2)=NN(c2ccccc2)C1(C)C(=O)NCc1cc(Cl)cc(Cl)c1. The second kappa shape index (κ2) is 10.8. The normalized spacial score (nSPS) is 19.5. The van der Waals surface area contributed by atoms with Crippen molar-refractivity contribution in [3.8, 4) is 0 Å². The number of hydrogen-bond acceptors (Lipinski definition) is 3. The van der Waals surface area contributed by atoms with Gasteiger partial charge in [-0.25, -0.2) is 9.40 Å². The Balaban J connectivity index is 1.73. The van der Waals surface area contributed by atoms with Gasteiger partial charge in [-0.2, -0.15) is 5.10 Å². The molecule has 1 aliphatic rings. The molecule has 1 amide bonds. The summed E-state index contributed by atoms with van der Waals surface area (Å²) in [5.74, 6) is -0.659. The molecule has 182 valence electrons. The molecule has 1 heterocycles. The van der Waals surface area contributed by atoms with Crippen molar-refractivity contribution in [3.05, 3.63) is 99.8 Å². The molecule has 4 rings (SSSR count). The highest BCUT2D eigenvalue weighted by molar-refractivity contribution is 6.34. The van der Waals surface area contributed by atoms with Crippen molar-refractivity contribution in [1.29, 1.82) is 0 Å². The predicted molar refractivity (Wildman–Crippen MR) is 142 cm³/mol. The lowest BCUT2D eigenvalue weighted by Gasteiger charge is -2.37. The molecule has 35 heavy (non-hydrogen) atoms. The number of hydrazone groups is 1. The van der Waals surface area contributed by atoms with Gasteiger partial charge in [0.25, 0.3) is 0 Å². The molecular formula is C28H28Cl2FN3O. The maximum absolute atomic E-state index is 13.9. The predicted octanol–water partition coefficient (Wildman–Crippen LogP) is 7.24. The van der Waals surface area contributed by atoms with Crippen LogP contribution < -0.4 is 10.3 Å². The number of hydrogen-bond donors (Lipinski definition) is 1. The highest BCUT2D eigenvalue weighted by Gasteiger charge is 2.53. The number of carbonyl (C=O) groups excluding carboxylic acids is 1. The summed E-state index contributed by atoms with van der Waals surface area (Å²) in [6.07, 6.45) is 2.68. The zero-order chi connectivity index (χ0) is 25.0. The van der Waals surface area contributed by atoms with E-state index >= 15 is 0 Å². The molecule has 0 aromatic heterocycles. The summed E-state index contributed by atoms with van der Waals surface area (Å²) in [6, 6.07) is 21.2. The van der Waals surface area contributed by atoms with Gasteiger partial charge in [-0.1, -0.05) is 73.3 Å². The summed E-state index contributed by atoms with van der Waals surface area (Å²) in [7, 11) is 0. The van der Waals surface area contributed by atoms with Crippen LogP contribution in [0.5, 0.6) is 0 Å². The van der Waals surface area contributed by atoms with Gasteiger partial charge in [0.15, 0.2) is 0 Å². The number of amides is 1. The zero-order valence-corrected chi connectivity index (χ0v) is 21.3. The third kappa shape index (κ3) is 5.36. The minimum atomic E-state index is -0.997. The Morgan fingerprint density at radius 2 is 1.71 bits per heavy atom. The van der Waals surface area contributed by atoms with Crippen molar-refractivity contribution in [1.82, 2.24) is 5.32 Å². The van der Waals surface area contributed by atoms with Gasteiger partial charge < -0.3 is 5.32 Å². The minimum Gasteiger partial charge on any atom is -0.350 e. The lowest BCUT2D eigenvalue weighted by molar-refractivity contribution is -0.127. The number of rotatable bonds is 8. The molecule has 3 aromatic carbocycles. The molecule has 0 aliphatic carbocycles. The minimum absolute atomic E-state index is 0.153. The van der Waals surface area contributed by atoms with Crippen LogP contribution in [0.1, 0.15) is 44.2 Å². The number of benzene rings is 3. The Kier molecular flexibility index (Phi) is 7.78. The van der Waals surface area contributed by atoms with Crippen molar-refractivity contribution in [2.75, 3.05) is 5.01 Å². The van der Waals surface area contributed by atoms with E-state index in [9.17, 15) is 9.18 Å². The first-order valence-corrected chi connectivity index (χ1v) is 12.5. The van der Waals surface area contributed by atoms with Crippen LogP contribution in [-0.2, 0) is 11.3 Å². The lowest BCUT2D eigenvalue weighted by Crippen LogP contribution is -2.57. The molecule has 0 bridgehead atoms. The van der Waals surface area contributed by atoms with Crippen molar-refractivity contribution < 1.29 is 9.18 Å². The van der Waals surface area contributed by atoms with Crippen molar-refractivity contribution >= 4 is 40.5 Å². The number of carbonyl (C=O) groups is 1. The molecule has 1 N–H and O–H groups in total. The number of unbranched alkanes of at least 4 members (excludes halogenated alkanes) is 1. The van der Waals surface area contributed by atoms with Crippen LogP contribution in [-0.4, -0.2) is 17.2 Å². The number of anilines is 1. The van der Waals surface area contributed by atoms with Gasteiger partial charge in [-0.15, -0.1) is 0 Å². The summed E-state index contributed by atoms with van der Waals surface area (Å²) in [6.45, 7) is 4.34. The quantitative estimate of drug-likeness (QED) is 0.346. The van der Waals surface area contributed by atoms with Crippen LogP contribution >= 0.6 is 23.2 Å². The molecular weight excluding hydrogens is 484 g/mol. The van der Waals surface area contributed by atoms with E-state index < -0.39 is 5.54 Å². The van der Waals surface area contributed by atoms with Crippen molar-refractivity contribution in [2.45, 2.75) is 45.2 Å². The van der Waals surface area contributed by atoms with E-state index in [4.69, 9.17) is 28.3 Å². The van der Waals surface area contributed by atoms with E-state index in [0.717, 1.165) is 41.8 Å². The van der Waals surface area contributed by atoms with Crippen LogP contribution in [0, 0.1) is 11.7 Å². The highest BCUT2D eigenvalue weighted by atomic mass is 35.5. The van der Waals surface area contributed by atoms with E-state index in [2.05, 4.69) is 12.2 Å². The molecule has 7 heteroatoms. The third-order valence-electron chi connectivity index (χ3n) is 6.48. The fourth-order valence-electron chi connectivity index (χ4n) is 4.62. The number of nitrogens with one attached hydrogen (secondary N) is 1. The lowest BCUT2D eigenvalue weighted by atomic mass is 9.77. The number of para-hydroxylation sites is 1.